The van der Waals surface area contributed by atoms with E-state index in [1.807, 2.05) is 24.1 Å². The Labute approximate surface area is 162 Å². The van der Waals surface area contributed by atoms with E-state index in [-0.39, 0.29) is 5.41 Å². The molecule has 1 aliphatic heterocycles. The van der Waals surface area contributed by atoms with Crippen molar-refractivity contribution in [2.45, 2.75) is 58.3 Å². The first-order valence-electron chi connectivity index (χ1n) is 10.1. The predicted octanol–water partition coefficient (Wildman–Crippen LogP) is 2.77. The molecule has 6 nitrogen and oxygen atoms in total. The second-order valence-electron chi connectivity index (χ2n) is 8.56. The third kappa shape index (κ3) is 4.79. The number of hydrogen-bond acceptors (Lipinski definition) is 3. The summed E-state index contributed by atoms with van der Waals surface area (Å²) >= 11 is 0. The van der Waals surface area contributed by atoms with Gasteiger partial charge in [-0.1, -0.05) is 25.5 Å². The number of likely N-dealkylation sites (tertiary alicyclic amines) is 1. The van der Waals surface area contributed by atoms with Crippen molar-refractivity contribution < 1.29 is 9.59 Å². The van der Waals surface area contributed by atoms with Crippen LogP contribution in [0.25, 0.3) is 0 Å². The van der Waals surface area contributed by atoms with E-state index in [4.69, 9.17) is 0 Å². The monoisotopic (exact) mass is 372 g/mol. The summed E-state index contributed by atoms with van der Waals surface area (Å²) in [6.07, 6.45) is 12.7. The van der Waals surface area contributed by atoms with Crippen LogP contribution in [0.5, 0.6) is 0 Å². The van der Waals surface area contributed by atoms with Gasteiger partial charge in [-0.2, -0.15) is 5.10 Å². The van der Waals surface area contributed by atoms with Crippen LogP contribution in [0.3, 0.4) is 0 Å². The first kappa shape index (κ1) is 19.6. The van der Waals surface area contributed by atoms with E-state index in [9.17, 15) is 9.59 Å². The number of allylic oxidation sites excluding steroid dienone is 1. The van der Waals surface area contributed by atoms with Gasteiger partial charge in [0.2, 0.25) is 0 Å². The number of piperidine rings is 1. The lowest BCUT2D eigenvalue weighted by atomic mass is 9.78. The Morgan fingerprint density at radius 3 is 2.59 bits per heavy atom. The molecule has 0 atom stereocenters. The zero-order valence-corrected chi connectivity index (χ0v) is 16.8. The van der Waals surface area contributed by atoms with Crippen LogP contribution in [0.4, 0.5) is 0 Å². The van der Waals surface area contributed by atoms with Gasteiger partial charge in [-0.25, -0.2) is 0 Å². The molecule has 1 fully saturated rings. The van der Waals surface area contributed by atoms with E-state index in [1.165, 1.54) is 24.0 Å². The minimum Gasteiger partial charge on any atom is -0.347 e. The second-order valence-corrected chi connectivity index (χ2v) is 8.56. The quantitative estimate of drug-likeness (QED) is 0.653. The molecule has 1 aromatic heterocycles. The lowest BCUT2D eigenvalue weighted by Crippen LogP contribution is -2.48. The Balaban J connectivity index is 1.48. The van der Waals surface area contributed by atoms with Crippen LogP contribution in [0.15, 0.2) is 24.0 Å². The van der Waals surface area contributed by atoms with Crippen molar-refractivity contribution in [1.29, 1.82) is 0 Å². The zero-order valence-electron chi connectivity index (χ0n) is 16.8. The van der Waals surface area contributed by atoms with E-state index in [0.29, 0.717) is 25.6 Å². The molecule has 0 radical (unpaired) electrons. The Hall–Kier alpha value is -2.11. The van der Waals surface area contributed by atoms with Gasteiger partial charge in [-0.3, -0.25) is 14.3 Å². The summed E-state index contributed by atoms with van der Waals surface area (Å²) in [5.41, 5.74) is 2.53. The molecule has 6 heteroatoms. The fraction of sp³-hybridized carbons (Fsp3) is 0.667. The average Bonchev–Trinajstić information content (AvgIpc) is 3.13. The average molecular weight is 373 g/mol. The van der Waals surface area contributed by atoms with Gasteiger partial charge in [-0.05, 0) is 50.0 Å². The van der Waals surface area contributed by atoms with Gasteiger partial charge in [-0.15, -0.1) is 0 Å². The zero-order chi connectivity index (χ0) is 19.4. The molecule has 0 saturated carbocycles. The highest BCUT2D eigenvalue weighted by atomic mass is 16.2. The number of amides is 2. The van der Waals surface area contributed by atoms with Gasteiger partial charge in [0.05, 0.1) is 6.20 Å². The molecule has 0 unspecified atom stereocenters. The van der Waals surface area contributed by atoms with Crippen LogP contribution in [-0.2, 0) is 16.6 Å². The molecule has 2 aliphatic rings. The van der Waals surface area contributed by atoms with Crippen molar-refractivity contribution in [3.63, 3.8) is 0 Å². The van der Waals surface area contributed by atoms with Gasteiger partial charge < -0.3 is 10.2 Å². The maximum Gasteiger partial charge on any atom is 0.311 e. The summed E-state index contributed by atoms with van der Waals surface area (Å²) in [6, 6.07) is 0. The molecule has 0 spiro atoms. The fourth-order valence-corrected chi connectivity index (χ4v) is 4.15. The summed E-state index contributed by atoms with van der Waals surface area (Å²) in [4.78, 5) is 26.6. The SMILES string of the molecule is Cn1cc(C2CCN(C(=O)C(=O)NCC(C)(C)C3=CCCCC3)CC2)cn1. The van der Waals surface area contributed by atoms with Crippen molar-refractivity contribution >= 4 is 11.8 Å². The molecular formula is C21H32N4O2. The topological polar surface area (TPSA) is 67.2 Å². The molecule has 2 amide bonds. The Morgan fingerprint density at radius 1 is 1.26 bits per heavy atom. The molecule has 1 N–H and O–H groups in total. The lowest BCUT2D eigenvalue weighted by Gasteiger charge is -2.33. The number of rotatable bonds is 4. The highest BCUT2D eigenvalue weighted by molar-refractivity contribution is 6.35. The van der Waals surface area contributed by atoms with Gasteiger partial charge in [0.1, 0.15) is 0 Å². The van der Waals surface area contributed by atoms with Crippen molar-refractivity contribution in [1.82, 2.24) is 20.0 Å². The first-order chi connectivity index (χ1) is 12.9. The Morgan fingerprint density at radius 2 is 2.00 bits per heavy atom. The second kappa shape index (κ2) is 8.28. The predicted molar refractivity (Wildman–Crippen MR) is 105 cm³/mol. The minimum atomic E-state index is -0.473. The molecule has 3 rings (SSSR count). The minimum absolute atomic E-state index is 0.0936. The summed E-state index contributed by atoms with van der Waals surface area (Å²) in [5.74, 6) is -0.449. The number of nitrogens with one attached hydrogen (secondary N) is 1. The van der Waals surface area contributed by atoms with Crippen LogP contribution >= 0.6 is 0 Å². The van der Waals surface area contributed by atoms with Crippen LogP contribution in [0.1, 0.15) is 63.9 Å². The number of carbonyl (C=O) groups excluding carboxylic acids is 2. The van der Waals surface area contributed by atoms with E-state index in [2.05, 4.69) is 30.3 Å². The van der Waals surface area contributed by atoms with Gasteiger partial charge in [0.15, 0.2) is 0 Å². The Bertz CT molecular complexity index is 712. The van der Waals surface area contributed by atoms with Gasteiger partial charge >= 0.3 is 11.8 Å². The van der Waals surface area contributed by atoms with Gasteiger partial charge in [0, 0.05) is 38.3 Å². The third-order valence-electron chi connectivity index (χ3n) is 6.02. The maximum atomic E-state index is 12.5. The molecule has 0 aromatic carbocycles. The number of aromatic nitrogens is 2. The molecule has 2 heterocycles. The largest absolute Gasteiger partial charge is 0.347 e. The third-order valence-corrected chi connectivity index (χ3v) is 6.02. The van der Waals surface area contributed by atoms with E-state index >= 15 is 0 Å². The number of nitrogens with zero attached hydrogens (tertiary/aromatic N) is 3. The number of aryl methyl sites for hydroxylation is 1. The molecule has 0 bridgehead atoms. The summed E-state index contributed by atoms with van der Waals surface area (Å²) in [6.45, 7) is 6.05. The van der Waals surface area contributed by atoms with Crippen molar-refractivity contribution in [2.24, 2.45) is 12.5 Å². The van der Waals surface area contributed by atoms with E-state index < -0.39 is 11.8 Å². The number of hydrogen-bond donors (Lipinski definition) is 1. The summed E-state index contributed by atoms with van der Waals surface area (Å²) in [5, 5.41) is 7.11. The number of carbonyl (C=O) groups is 2. The lowest BCUT2D eigenvalue weighted by molar-refractivity contribution is -0.146. The molecular weight excluding hydrogens is 340 g/mol. The van der Waals surface area contributed by atoms with Crippen molar-refractivity contribution in [3.05, 3.63) is 29.6 Å². The van der Waals surface area contributed by atoms with Gasteiger partial charge in [0.25, 0.3) is 0 Å². The first-order valence-corrected chi connectivity index (χ1v) is 10.1. The van der Waals surface area contributed by atoms with Crippen molar-refractivity contribution in [3.8, 4) is 0 Å². The molecule has 148 valence electrons. The molecule has 1 aliphatic carbocycles. The van der Waals surface area contributed by atoms with Crippen LogP contribution in [0, 0.1) is 5.41 Å². The fourth-order valence-electron chi connectivity index (χ4n) is 4.15. The highest BCUT2D eigenvalue weighted by Crippen LogP contribution is 2.33. The summed E-state index contributed by atoms with van der Waals surface area (Å²) < 4.78 is 1.81. The normalized spacial score (nSPS) is 18.9. The van der Waals surface area contributed by atoms with Crippen LogP contribution < -0.4 is 5.32 Å². The Kier molecular flexibility index (Phi) is 6.02. The van der Waals surface area contributed by atoms with E-state index in [0.717, 1.165) is 25.7 Å². The van der Waals surface area contributed by atoms with Crippen molar-refractivity contribution in [2.75, 3.05) is 19.6 Å². The van der Waals surface area contributed by atoms with Crippen LogP contribution in [-0.4, -0.2) is 46.1 Å². The van der Waals surface area contributed by atoms with E-state index in [1.54, 1.807) is 4.90 Å². The summed E-state index contributed by atoms with van der Waals surface area (Å²) in [7, 11) is 1.91. The standard InChI is InChI=1S/C21H32N4O2/c1-21(2,18-7-5-4-6-8-18)15-22-19(26)20(27)25-11-9-16(10-12-25)17-13-23-24(3)14-17/h7,13-14,16H,4-6,8-12,15H2,1-3H3,(H,22,26). The smallest absolute Gasteiger partial charge is 0.311 e. The highest BCUT2D eigenvalue weighted by Gasteiger charge is 2.30. The molecule has 1 aromatic rings. The van der Waals surface area contributed by atoms with Crippen LogP contribution in [0.2, 0.25) is 0 Å². The maximum absolute atomic E-state index is 12.5. The molecule has 27 heavy (non-hydrogen) atoms. The molecule has 1 saturated heterocycles.